The van der Waals surface area contributed by atoms with E-state index in [4.69, 9.17) is 4.98 Å². The Morgan fingerprint density at radius 1 is 0.784 bits per heavy atom. The molecule has 0 spiro atoms. The second kappa shape index (κ2) is 18.3. The van der Waals surface area contributed by atoms with Crippen LogP contribution in [0.5, 0.6) is 5.75 Å². The van der Waals surface area contributed by atoms with Crippen LogP contribution in [0.25, 0.3) is 0 Å². The van der Waals surface area contributed by atoms with Crippen molar-refractivity contribution in [3.63, 3.8) is 0 Å². The van der Waals surface area contributed by atoms with Gasteiger partial charge < -0.3 is 49.7 Å². The minimum atomic E-state index is -5.02. The number of phenols is 1. The summed E-state index contributed by atoms with van der Waals surface area (Å²) in [6.45, 7) is 2.94. The zero-order chi connectivity index (χ0) is 32.5. The van der Waals surface area contributed by atoms with E-state index in [0.717, 1.165) is 64.7 Å². The van der Waals surface area contributed by atoms with Gasteiger partial charge in [-0.05, 0) is 80.3 Å². The summed E-state index contributed by atoms with van der Waals surface area (Å²) in [5, 5.41) is 13.9. The van der Waals surface area contributed by atoms with Crippen LogP contribution in [0.2, 0.25) is 0 Å². The number of carbonyl (C=O) groups excluding carboxylic acids is 1. The number of carbonyl (C=O) groups is 1. The molecule has 4 heterocycles. The van der Waals surface area contributed by atoms with Crippen LogP contribution in [0.4, 0.5) is 42.4 Å². The van der Waals surface area contributed by atoms with Gasteiger partial charge >= 0.3 is 12.1 Å². The summed E-state index contributed by atoms with van der Waals surface area (Å²) in [4.78, 5) is 30.5. The largest absolute Gasteiger partial charge is 0.506 e. The molecule has 0 radical (unpaired) electrons. The maximum Gasteiger partial charge on any atom is 0.471 e. The quantitative estimate of drug-likeness (QED) is 0.125. The number of sulfonamides is 1. The molecule has 2 fully saturated rings. The smallest absolute Gasteiger partial charge is 0.471 e. The van der Waals surface area contributed by atoms with E-state index in [1.54, 1.807) is 6.07 Å². The zero-order valence-electron chi connectivity index (χ0n) is 28.3. The molecule has 3 aliphatic heterocycles. The fourth-order valence-electron chi connectivity index (χ4n) is 5.96. The third kappa shape index (κ3) is 10.4. The van der Waals surface area contributed by atoms with Crippen molar-refractivity contribution in [2.45, 2.75) is 62.6 Å². The van der Waals surface area contributed by atoms with Crippen molar-refractivity contribution in [2.24, 2.45) is 0 Å². The van der Waals surface area contributed by atoms with Crippen LogP contribution in [-0.4, -0.2) is 78.2 Å². The van der Waals surface area contributed by atoms with Gasteiger partial charge in [0, 0.05) is 56.7 Å². The topological polar surface area (TPSA) is 284 Å². The Kier molecular flexibility index (Phi) is 16.1. The molecule has 3 aromatic rings. The van der Waals surface area contributed by atoms with E-state index in [1.807, 2.05) is 0 Å². The molecule has 3 aliphatic rings. The molecule has 1 amide bonds. The number of aromatic hydroxyl groups is 1. The van der Waals surface area contributed by atoms with E-state index in [2.05, 4.69) is 29.8 Å². The van der Waals surface area contributed by atoms with Crippen molar-refractivity contribution >= 4 is 57.6 Å². The first-order valence-corrected chi connectivity index (χ1v) is 16.8. The van der Waals surface area contributed by atoms with Gasteiger partial charge in [0.15, 0.2) is 0 Å². The van der Waals surface area contributed by atoms with E-state index >= 15 is 0 Å². The average Bonchev–Trinajstić information content (AvgIpc) is 3.05. The highest BCUT2D eigenvalue weighted by Crippen LogP contribution is 2.32. The lowest BCUT2D eigenvalue weighted by atomic mass is 10.00. The third-order valence-corrected chi connectivity index (χ3v) is 9.78. The molecule has 0 saturated carbocycles. The van der Waals surface area contributed by atoms with Crippen molar-refractivity contribution < 1.29 is 37.2 Å². The molecule has 0 aliphatic carbocycles. The fourth-order valence-corrected chi connectivity index (χ4v) is 7.09. The van der Waals surface area contributed by atoms with Gasteiger partial charge in [0.05, 0.1) is 10.6 Å². The number of rotatable bonds is 7. The summed E-state index contributed by atoms with van der Waals surface area (Å²) < 4.78 is 67.7. The Balaban J connectivity index is -0.00000144. The van der Waals surface area contributed by atoms with Crippen molar-refractivity contribution in [1.82, 2.24) is 44.5 Å². The van der Waals surface area contributed by atoms with E-state index < -0.39 is 22.1 Å². The van der Waals surface area contributed by atoms with Crippen LogP contribution in [0.1, 0.15) is 55.4 Å². The Labute approximate surface area is 307 Å². The lowest BCUT2D eigenvalue weighted by Gasteiger charge is -2.30. The summed E-state index contributed by atoms with van der Waals surface area (Å²) in [6.07, 6.45) is 1.70. The van der Waals surface area contributed by atoms with Crippen molar-refractivity contribution in [3.05, 3.63) is 47.5 Å². The van der Waals surface area contributed by atoms with Crippen LogP contribution in [0, 0.1) is 0 Å². The Bertz CT molecular complexity index is 1710. The van der Waals surface area contributed by atoms with E-state index in [0.29, 0.717) is 39.6 Å². The van der Waals surface area contributed by atoms with Gasteiger partial charge in [-0.2, -0.15) is 28.1 Å². The molecule has 2 aromatic carbocycles. The summed E-state index contributed by atoms with van der Waals surface area (Å²) in [7, 11) is -4.24. The summed E-state index contributed by atoms with van der Waals surface area (Å²) >= 11 is 0. The van der Waals surface area contributed by atoms with Crippen LogP contribution in [-0.2, 0) is 27.8 Å². The molecule has 6 rings (SSSR count). The van der Waals surface area contributed by atoms with Gasteiger partial charge in [0.25, 0.3) is 10.0 Å². The van der Waals surface area contributed by atoms with Gasteiger partial charge in [-0.25, -0.2) is 8.42 Å². The third-order valence-electron chi connectivity index (χ3n) is 8.42. The van der Waals surface area contributed by atoms with Gasteiger partial charge in [-0.15, -0.1) is 12.4 Å². The van der Waals surface area contributed by atoms with Gasteiger partial charge in [-0.1, -0.05) is 6.07 Å². The summed E-state index contributed by atoms with van der Waals surface area (Å²) in [5.74, 6) is -0.860. The molecule has 0 atom stereocenters. The first kappa shape index (κ1) is 44.8. The van der Waals surface area contributed by atoms with Crippen LogP contribution in [0.3, 0.4) is 0 Å². The lowest BCUT2D eigenvalue weighted by Crippen LogP contribution is -2.43. The predicted molar refractivity (Wildman–Crippen MR) is 202 cm³/mol. The number of amides is 1. The predicted octanol–water partition coefficient (Wildman–Crippen LogP) is 6.60. The first-order chi connectivity index (χ1) is 22.0. The molecule has 294 valence electrons. The standard InChI is InChI=1S/C30H35F3N8O4S.ClH.4H3N.4H2/c31-30(32,33)26(43)41-16-11-20-7-9-23(17-21(20)19-41)46(44,45)38-24-10-8-22(18-25(24)42)34-27-35-28(39-12-3-1-4-13-39)37-29(36-27)40-14-5-2-6-15-40;;;;;;;;;/h7-10,17-18,38,42H,1-6,11-16,19H2,(H,34,35,36,37);1H;4*1H3;4*1H. The van der Waals surface area contributed by atoms with Gasteiger partial charge in [0.1, 0.15) is 5.75 Å². The maximum absolute atomic E-state index is 13.2. The van der Waals surface area contributed by atoms with E-state index in [-0.39, 0.29) is 78.6 Å². The molecule has 15 N–H and O–H groups in total. The van der Waals surface area contributed by atoms with E-state index in [1.165, 1.54) is 30.3 Å². The minimum absolute atomic E-state index is 0. The first-order valence-electron chi connectivity index (χ1n) is 15.3. The molecule has 21 heteroatoms. The number of nitrogens with zero attached hydrogens (tertiary/aromatic N) is 6. The molecule has 1 aromatic heterocycles. The number of alkyl halides is 3. The van der Waals surface area contributed by atoms with Crippen molar-refractivity contribution in [1.29, 1.82) is 0 Å². The minimum Gasteiger partial charge on any atom is -0.506 e. The van der Waals surface area contributed by atoms with Crippen LogP contribution >= 0.6 is 12.4 Å². The fraction of sp³-hybridized carbons (Fsp3) is 0.467. The molecular formula is C30H56ClF3N12O4S. The normalized spacial score (nSPS) is 15.7. The second-order valence-corrected chi connectivity index (χ2v) is 13.4. The highest BCUT2D eigenvalue weighted by Gasteiger charge is 2.43. The number of hydrogen-bond donors (Lipinski definition) is 7. The van der Waals surface area contributed by atoms with Crippen molar-refractivity contribution in [3.8, 4) is 5.75 Å². The molecule has 2 saturated heterocycles. The monoisotopic (exact) mass is 772 g/mol. The Hall–Kier alpha value is -4.21. The van der Waals surface area contributed by atoms with Gasteiger partial charge in [-0.3, -0.25) is 9.52 Å². The zero-order valence-corrected chi connectivity index (χ0v) is 29.9. The highest BCUT2D eigenvalue weighted by atomic mass is 35.5. The number of phenolic OH excluding ortho intramolecular Hbond substituents is 1. The van der Waals surface area contributed by atoms with Crippen LogP contribution in [0.15, 0.2) is 41.3 Å². The van der Waals surface area contributed by atoms with Crippen molar-refractivity contribution in [2.75, 3.05) is 52.6 Å². The number of anilines is 5. The SMILES string of the molecule is Cl.N.N.N.N.O=C(N1CCc2ccc(S(=O)(=O)Nc3ccc(Nc4nc(N5CCCCC5)nc(N5CCCCC5)n4)cc3O)cc2C1)C(F)(F)F.[HH].[HH].[HH].[HH]. The van der Waals surface area contributed by atoms with Crippen LogP contribution < -0.4 is 44.4 Å². The molecule has 0 unspecified atom stereocenters. The van der Waals surface area contributed by atoms with E-state index in [9.17, 15) is 31.5 Å². The molecule has 0 bridgehead atoms. The lowest BCUT2D eigenvalue weighted by molar-refractivity contribution is -0.186. The highest BCUT2D eigenvalue weighted by molar-refractivity contribution is 7.92. The number of nitrogens with one attached hydrogen (secondary N) is 2. The maximum atomic E-state index is 13.2. The number of aromatic nitrogens is 3. The summed E-state index contributed by atoms with van der Waals surface area (Å²) in [6, 6.07) is 8.41. The number of hydrogen-bond acceptors (Lipinski definition) is 14. The number of fused-ring (bicyclic) bond motifs is 1. The molecular weight excluding hydrogens is 717 g/mol. The molecule has 51 heavy (non-hydrogen) atoms. The summed E-state index contributed by atoms with van der Waals surface area (Å²) in [5.41, 5.74) is 1.29. The second-order valence-electron chi connectivity index (χ2n) is 11.7. The number of halogens is 4. The Morgan fingerprint density at radius 3 is 1.88 bits per heavy atom. The number of piperidine rings is 2. The Morgan fingerprint density at radius 2 is 1.35 bits per heavy atom. The van der Waals surface area contributed by atoms with Gasteiger partial charge in [0.2, 0.25) is 17.8 Å². The number of benzene rings is 2. The molecule has 16 nitrogen and oxygen atoms in total. The average molecular weight is 773 g/mol.